The van der Waals surface area contributed by atoms with Gasteiger partial charge in [-0.3, -0.25) is 15.8 Å². The maximum absolute atomic E-state index is 13.6. The molecule has 0 saturated carbocycles. The topological polar surface area (TPSA) is 63.8 Å². The summed E-state index contributed by atoms with van der Waals surface area (Å²) in [7, 11) is 0. The van der Waals surface area contributed by atoms with Crippen molar-refractivity contribution in [2.45, 2.75) is 6.04 Å². The number of nitrogens with two attached hydrogens (primary N) is 1. The Kier molecular flexibility index (Phi) is 3.36. The Labute approximate surface area is 96.5 Å². The normalized spacial score (nSPS) is 12.4. The Morgan fingerprint density at radius 1 is 1.24 bits per heavy atom. The van der Waals surface area contributed by atoms with Gasteiger partial charge in [0.1, 0.15) is 11.6 Å². The van der Waals surface area contributed by atoms with E-state index in [1.54, 1.807) is 0 Å². The molecule has 1 unspecified atom stereocenters. The fourth-order valence-corrected chi connectivity index (χ4v) is 1.53. The van der Waals surface area contributed by atoms with E-state index in [9.17, 15) is 8.78 Å². The summed E-state index contributed by atoms with van der Waals surface area (Å²) in [6, 6.07) is 2.43. The summed E-state index contributed by atoms with van der Waals surface area (Å²) >= 11 is 0. The van der Waals surface area contributed by atoms with Crippen molar-refractivity contribution < 1.29 is 8.78 Å². The summed E-state index contributed by atoms with van der Waals surface area (Å²) in [4.78, 5) is 7.86. The maximum Gasteiger partial charge on any atom is 0.128 e. The molecule has 1 aromatic carbocycles. The fourth-order valence-electron chi connectivity index (χ4n) is 1.53. The molecule has 1 aromatic heterocycles. The van der Waals surface area contributed by atoms with Crippen LogP contribution < -0.4 is 11.3 Å². The number of nitrogens with zero attached hydrogens (tertiary/aromatic N) is 2. The highest BCUT2D eigenvalue weighted by Gasteiger charge is 2.18. The zero-order valence-electron chi connectivity index (χ0n) is 8.77. The van der Waals surface area contributed by atoms with Gasteiger partial charge in [0.2, 0.25) is 0 Å². The van der Waals surface area contributed by atoms with Crippen molar-refractivity contribution in [3.05, 3.63) is 59.7 Å². The molecule has 2 rings (SSSR count). The van der Waals surface area contributed by atoms with E-state index in [0.29, 0.717) is 5.69 Å². The first-order chi connectivity index (χ1) is 8.22. The van der Waals surface area contributed by atoms with Crippen molar-refractivity contribution in [1.82, 2.24) is 15.4 Å². The minimum atomic E-state index is -0.737. The van der Waals surface area contributed by atoms with Crippen molar-refractivity contribution >= 4 is 0 Å². The van der Waals surface area contributed by atoms with Crippen LogP contribution >= 0.6 is 0 Å². The second-order valence-corrected chi connectivity index (χ2v) is 3.40. The molecule has 0 amide bonds. The van der Waals surface area contributed by atoms with Crippen LogP contribution in [0.2, 0.25) is 0 Å². The number of rotatable bonds is 3. The molecule has 88 valence electrons. The zero-order chi connectivity index (χ0) is 12.3. The van der Waals surface area contributed by atoms with E-state index in [2.05, 4.69) is 15.4 Å². The number of hydrogen-bond acceptors (Lipinski definition) is 4. The van der Waals surface area contributed by atoms with E-state index >= 15 is 0 Å². The third-order valence-corrected chi connectivity index (χ3v) is 2.31. The molecule has 0 aliphatic heterocycles. The molecule has 0 aliphatic rings. The van der Waals surface area contributed by atoms with Crippen LogP contribution in [0.25, 0.3) is 0 Å². The Hall–Kier alpha value is -1.92. The first-order valence-electron chi connectivity index (χ1n) is 4.89. The van der Waals surface area contributed by atoms with Gasteiger partial charge in [-0.1, -0.05) is 0 Å². The summed E-state index contributed by atoms with van der Waals surface area (Å²) in [6.07, 6.45) is 4.38. The summed E-state index contributed by atoms with van der Waals surface area (Å²) in [5.41, 5.74) is 2.90. The SMILES string of the molecule is NNC(c1cnccn1)c1cc(F)ccc1F. The van der Waals surface area contributed by atoms with Gasteiger partial charge in [0.25, 0.3) is 0 Å². The van der Waals surface area contributed by atoms with Gasteiger partial charge in [-0.2, -0.15) is 0 Å². The molecule has 0 fully saturated rings. The fraction of sp³-hybridized carbons (Fsp3) is 0.0909. The van der Waals surface area contributed by atoms with Crippen molar-refractivity contribution in [2.24, 2.45) is 5.84 Å². The molecule has 0 bridgehead atoms. The lowest BCUT2D eigenvalue weighted by Gasteiger charge is -2.15. The molecule has 0 saturated heterocycles. The molecule has 3 N–H and O–H groups in total. The molecule has 0 aliphatic carbocycles. The highest BCUT2D eigenvalue weighted by molar-refractivity contribution is 5.28. The molecule has 0 radical (unpaired) electrons. The molecule has 2 aromatic rings. The number of nitrogens with one attached hydrogen (secondary N) is 1. The molecular formula is C11H10F2N4. The van der Waals surface area contributed by atoms with E-state index < -0.39 is 17.7 Å². The van der Waals surface area contributed by atoms with E-state index in [4.69, 9.17) is 5.84 Å². The van der Waals surface area contributed by atoms with Crippen molar-refractivity contribution in [1.29, 1.82) is 0 Å². The van der Waals surface area contributed by atoms with Gasteiger partial charge in [0.15, 0.2) is 0 Å². The average Bonchev–Trinajstić information content (AvgIpc) is 2.36. The van der Waals surface area contributed by atoms with Crippen LogP contribution in [0.4, 0.5) is 8.78 Å². The lowest BCUT2D eigenvalue weighted by atomic mass is 10.0. The summed E-state index contributed by atoms with van der Waals surface area (Å²) < 4.78 is 26.7. The van der Waals surface area contributed by atoms with Crippen LogP contribution in [0.15, 0.2) is 36.8 Å². The van der Waals surface area contributed by atoms with Crippen LogP contribution in [0.3, 0.4) is 0 Å². The number of hydrogen-bond donors (Lipinski definition) is 2. The third kappa shape index (κ3) is 2.43. The first kappa shape index (κ1) is 11.6. The summed E-state index contributed by atoms with van der Waals surface area (Å²) in [5, 5.41) is 0. The molecule has 17 heavy (non-hydrogen) atoms. The quantitative estimate of drug-likeness (QED) is 0.623. The van der Waals surface area contributed by atoms with Crippen molar-refractivity contribution in [2.75, 3.05) is 0 Å². The van der Waals surface area contributed by atoms with Gasteiger partial charge in [0, 0.05) is 18.0 Å². The molecule has 1 heterocycles. The van der Waals surface area contributed by atoms with Crippen LogP contribution in [0, 0.1) is 11.6 Å². The molecule has 6 heteroatoms. The van der Waals surface area contributed by atoms with Crippen molar-refractivity contribution in [3.63, 3.8) is 0 Å². The second kappa shape index (κ2) is 4.94. The van der Waals surface area contributed by atoms with Crippen LogP contribution in [-0.2, 0) is 0 Å². The number of benzene rings is 1. The lowest BCUT2D eigenvalue weighted by Crippen LogP contribution is -2.30. The predicted molar refractivity (Wildman–Crippen MR) is 57.6 cm³/mol. The largest absolute Gasteiger partial charge is 0.271 e. The summed E-state index contributed by atoms with van der Waals surface area (Å²) in [5.74, 6) is 4.26. The van der Waals surface area contributed by atoms with Crippen LogP contribution in [-0.4, -0.2) is 9.97 Å². The van der Waals surface area contributed by atoms with Crippen molar-refractivity contribution in [3.8, 4) is 0 Å². The molecule has 0 spiro atoms. The van der Waals surface area contributed by atoms with E-state index in [0.717, 1.165) is 18.2 Å². The standard InChI is InChI=1S/C11H10F2N4/c12-7-1-2-9(13)8(5-7)11(17-14)10-6-15-3-4-16-10/h1-6,11,17H,14H2. The minimum absolute atomic E-state index is 0.0907. The summed E-state index contributed by atoms with van der Waals surface area (Å²) in [6.45, 7) is 0. The van der Waals surface area contributed by atoms with E-state index in [1.165, 1.54) is 18.6 Å². The third-order valence-electron chi connectivity index (χ3n) is 2.31. The Morgan fingerprint density at radius 2 is 2.06 bits per heavy atom. The van der Waals surface area contributed by atoms with Crippen LogP contribution in [0.1, 0.15) is 17.3 Å². The lowest BCUT2D eigenvalue weighted by molar-refractivity contribution is 0.539. The van der Waals surface area contributed by atoms with Crippen LogP contribution in [0.5, 0.6) is 0 Å². The highest BCUT2D eigenvalue weighted by Crippen LogP contribution is 2.22. The number of halogens is 2. The molecule has 4 nitrogen and oxygen atoms in total. The van der Waals surface area contributed by atoms with Gasteiger partial charge in [-0.15, -0.1) is 0 Å². The van der Waals surface area contributed by atoms with Gasteiger partial charge in [-0.05, 0) is 18.2 Å². The van der Waals surface area contributed by atoms with Gasteiger partial charge < -0.3 is 0 Å². The number of aromatic nitrogens is 2. The Morgan fingerprint density at radius 3 is 2.71 bits per heavy atom. The van der Waals surface area contributed by atoms with Gasteiger partial charge in [0.05, 0.1) is 17.9 Å². The zero-order valence-corrected chi connectivity index (χ0v) is 8.77. The Bertz CT molecular complexity index is 504. The second-order valence-electron chi connectivity index (χ2n) is 3.40. The maximum atomic E-state index is 13.6. The van der Waals surface area contributed by atoms with E-state index in [-0.39, 0.29) is 5.56 Å². The smallest absolute Gasteiger partial charge is 0.128 e. The minimum Gasteiger partial charge on any atom is -0.271 e. The average molecular weight is 236 g/mol. The monoisotopic (exact) mass is 236 g/mol. The predicted octanol–water partition coefficient (Wildman–Crippen LogP) is 1.31. The molecule has 1 atom stereocenters. The number of hydrazine groups is 1. The van der Waals surface area contributed by atoms with E-state index in [1.807, 2.05) is 0 Å². The highest BCUT2D eigenvalue weighted by atomic mass is 19.1. The van der Waals surface area contributed by atoms with Gasteiger partial charge >= 0.3 is 0 Å². The Balaban J connectivity index is 2.46. The van der Waals surface area contributed by atoms with Gasteiger partial charge in [-0.25, -0.2) is 14.2 Å². The molecular weight excluding hydrogens is 226 g/mol. The first-order valence-corrected chi connectivity index (χ1v) is 4.89.